The fourth-order valence-corrected chi connectivity index (χ4v) is 4.88. The van der Waals surface area contributed by atoms with Crippen molar-refractivity contribution in [3.63, 3.8) is 0 Å². The van der Waals surface area contributed by atoms with E-state index in [1.54, 1.807) is 20.8 Å². The van der Waals surface area contributed by atoms with E-state index >= 15 is 0 Å². The number of esters is 3. The lowest BCUT2D eigenvalue weighted by Crippen LogP contribution is -2.45. The van der Waals surface area contributed by atoms with Crippen molar-refractivity contribution in [2.45, 2.75) is 57.2 Å². The van der Waals surface area contributed by atoms with Crippen LogP contribution in [0.2, 0.25) is 0 Å². The van der Waals surface area contributed by atoms with Crippen molar-refractivity contribution in [1.82, 2.24) is 0 Å². The Balaban J connectivity index is 1.66. The number of carbonyl (C=O) groups is 3. The SMILES string of the molecule is CC(C)(C)C(=O)OC1C2CC3C1OC(=O)C3C2C(=O)OCCC(F)C(F)(F)S(=O)(=O)[O-]. The van der Waals surface area contributed by atoms with Gasteiger partial charge in [0.1, 0.15) is 12.2 Å². The average molecular weight is 471 g/mol. The van der Waals surface area contributed by atoms with E-state index in [1.807, 2.05) is 0 Å². The van der Waals surface area contributed by atoms with Crippen LogP contribution in [0.25, 0.3) is 0 Å². The van der Waals surface area contributed by atoms with Gasteiger partial charge in [-0.25, -0.2) is 12.8 Å². The molecular formula is C18H22F3O9S-. The van der Waals surface area contributed by atoms with Gasteiger partial charge in [-0.3, -0.25) is 14.4 Å². The summed E-state index contributed by atoms with van der Waals surface area (Å²) in [4.78, 5) is 37.1. The van der Waals surface area contributed by atoms with Gasteiger partial charge in [-0.15, -0.1) is 0 Å². The maximum atomic E-state index is 13.5. The van der Waals surface area contributed by atoms with Crippen LogP contribution in [0, 0.1) is 29.1 Å². The van der Waals surface area contributed by atoms with E-state index in [0.717, 1.165) is 0 Å². The monoisotopic (exact) mass is 471 g/mol. The Labute approximate surface area is 176 Å². The molecule has 9 nitrogen and oxygen atoms in total. The van der Waals surface area contributed by atoms with Gasteiger partial charge >= 0.3 is 23.2 Å². The lowest BCUT2D eigenvalue weighted by atomic mass is 9.78. The van der Waals surface area contributed by atoms with Gasteiger partial charge in [0.2, 0.25) is 0 Å². The Morgan fingerprint density at radius 3 is 2.42 bits per heavy atom. The van der Waals surface area contributed by atoms with Crippen molar-refractivity contribution in [1.29, 1.82) is 0 Å². The number of hydrogen-bond acceptors (Lipinski definition) is 9. The van der Waals surface area contributed by atoms with Crippen LogP contribution in [0.3, 0.4) is 0 Å². The Bertz CT molecular complexity index is 882. The van der Waals surface area contributed by atoms with Gasteiger partial charge < -0.3 is 18.8 Å². The minimum absolute atomic E-state index is 0.348. The van der Waals surface area contributed by atoms with E-state index in [1.165, 1.54) is 0 Å². The summed E-state index contributed by atoms with van der Waals surface area (Å²) in [6, 6.07) is 0. The minimum Gasteiger partial charge on any atom is -0.743 e. The molecule has 0 spiro atoms. The topological polar surface area (TPSA) is 136 Å². The molecule has 2 saturated carbocycles. The van der Waals surface area contributed by atoms with Gasteiger partial charge in [0, 0.05) is 18.3 Å². The summed E-state index contributed by atoms with van der Waals surface area (Å²) in [5, 5.41) is -5.17. The van der Waals surface area contributed by atoms with E-state index in [4.69, 9.17) is 14.2 Å². The second kappa shape index (κ2) is 7.61. The highest BCUT2D eigenvalue weighted by atomic mass is 32.2. The van der Waals surface area contributed by atoms with Gasteiger partial charge in [0.05, 0.1) is 23.9 Å². The molecule has 3 rings (SSSR count). The van der Waals surface area contributed by atoms with Crippen LogP contribution < -0.4 is 0 Å². The molecule has 1 heterocycles. The lowest BCUT2D eigenvalue weighted by Gasteiger charge is -2.32. The van der Waals surface area contributed by atoms with Gasteiger partial charge in [-0.1, -0.05) is 0 Å². The first-order valence-electron chi connectivity index (χ1n) is 9.63. The summed E-state index contributed by atoms with van der Waals surface area (Å²) in [5.41, 5.74) is -0.844. The Morgan fingerprint density at radius 2 is 1.87 bits per heavy atom. The third-order valence-electron chi connectivity index (χ3n) is 5.99. The number of rotatable bonds is 7. The molecule has 31 heavy (non-hydrogen) atoms. The summed E-state index contributed by atoms with van der Waals surface area (Å²) in [6.45, 7) is 3.95. The molecule has 0 radical (unpaired) electrons. The first kappa shape index (κ1) is 23.8. The predicted molar refractivity (Wildman–Crippen MR) is 92.9 cm³/mol. The lowest BCUT2D eigenvalue weighted by molar-refractivity contribution is -0.173. The molecule has 0 aromatic heterocycles. The van der Waals surface area contributed by atoms with Crippen molar-refractivity contribution in [2.24, 2.45) is 29.1 Å². The van der Waals surface area contributed by atoms with Gasteiger partial charge in [0.25, 0.3) is 0 Å². The van der Waals surface area contributed by atoms with Gasteiger partial charge in [-0.05, 0) is 27.2 Å². The molecule has 0 aromatic carbocycles. The first-order valence-corrected chi connectivity index (χ1v) is 11.0. The Kier molecular flexibility index (Phi) is 5.83. The van der Waals surface area contributed by atoms with Crippen LogP contribution in [0.5, 0.6) is 0 Å². The van der Waals surface area contributed by atoms with E-state index in [-0.39, 0.29) is 5.92 Å². The molecule has 2 bridgehead atoms. The fourth-order valence-electron chi connectivity index (χ4n) is 4.45. The number of alkyl halides is 3. The fraction of sp³-hybridized carbons (Fsp3) is 0.833. The second-order valence-corrected chi connectivity index (χ2v) is 10.5. The third-order valence-corrected chi connectivity index (χ3v) is 6.91. The summed E-state index contributed by atoms with van der Waals surface area (Å²) in [6.07, 6.45) is -5.82. The van der Waals surface area contributed by atoms with Crippen molar-refractivity contribution in [2.75, 3.05) is 6.61 Å². The highest BCUT2D eigenvalue weighted by Crippen LogP contribution is 2.59. The molecule has 3 aliphatic rings. The molecule has 176 valence electrons. The van der Waals surface area contributed by atoms with Gasteiger partial charge in [0.15, 0.2) is 16.3 Å². The zero-order valence-corrected chi connectivity index (χ0v) is 17.7. The molecule has 0 amide bonds. The third kappa shape index (κ3) is 4.01. The van der Waals surface area contributed by atoms with Crippen molar-refractivity contribution < 1.29 is 54.7 Å². The Hall–Kier alpha value is -1.89. The molecule has 7 unspecified atom stereocenters. The highest BCUT2D eigenvalue weighted by molar-refractivity contribution is 7.86. The molecule has 3 fully saturated rings. The second-order valence-electron chi connectivity index (χ2n) is 9.08. The number of ether oxygens (including phenoxy) is 3. The first-order chi connectivity index (χ1) is 14.1. The molecule has 0 N–H and O–H groups in total. The van der Waals surface area contributed by atoms with Crippen LogP contribution in [0.15, 0.2) is 0 Å². The van der Waals surface area contributed by atoms with Crippen LogP contribution in [0.1, 0.15) is 33.6 Å². The molecule has 1 aliphatic heterocycles. The highest BCUT2D eigenvalue weighted by Gasteiger charge is 2.70. The average Bonchev–Trinajstić information content (AvgIpc) is 3.23. The summed E-state index contributed by atoms with van der Waals surface area (Å²) in [5.74, 6) is -5.12. The van der Waals surface area contributed by atoms with E-state index < -0.39 is 87.9 Å². The molecule has 0 aromatic rings. The standard InChI is InChI=1S/C18H23F3O9S/c1-17(2,3)16(24)30-13-7-6-8-11(15(23)29-12(8)13)10(7)14(22)28-5-4-9(19)18(20,21)31(25,26)27/h7-13H,4-6H2,1-3H3,(H,25,26,27)/p-1. The predicted octanol–water partition coefficient (Wildman–Crippen LogP) is 1.16. The Morgan fingerprint density at radius 1 is 1.26 bits per heavy atom. The van der Waals surface area contributed by atoms with Crippen LogP contribution in [-0.4, -0.2) is 61.1 Å². The number of carbonyl (C=O) groups excluding carboxylic acids is 3. The zero-order valence-electron chi connectivity index (χ0n) is 16.9. The minimum atomic E-state index is -6.23. The number of halogens is 3. The summed E-state index contributed by atoms with van der Waals surface area (Å²) >= 11 is 0. The maximum absolute atomic E-state index is 13.5. The van der Waals surface area contributed by atoms with Crippen molar-refractivity contribution in [3.05, 3.63) is 0 Å². The number of fused-ring (bicyclic) bond motifs is 1. The zero-order chi connectivity index (χ0) is 23.5. The van der Waals surface area contributed by atoms with E-state index in [0.29, 0.717) is 6.42 Å². The van der Waals surface area contributed by atoms with Crippen LogP contribution in [0.4, 0.5) is 13.2 Å². The normalized spacial score (nSPS) is 33.2. The maximum Gasteiger partial charge on any atom is 0.364 e. The molecule has 1 saturated heterocycles. The molecule has 7 atom stereocenters. The molecule has 2 aliphatic carbocycles. The molecular weight excluding hydrogens is 449 g/mol. The quantitative estimate of drug-likeness (QED) is 0.304. The largest absolute Gasteiger partial charge is 0.743 e. The summed E-state index contributed by atoms with van der Waals surface area (Å²) < 4.78 is 86.9. The van der Waals surface area contributed by atoms with Crippen molar-refractivity contribution in [3.8, 4) is 0 Å². The summed E-state index contributed by atoms with van der Waals surface area (Å²) in [7, 11) is -6.23. The smallest absolute Gasteiger partial charge is 0.364 e. The van der Waals surface area contributed by atoms with Crippen LogP contribution >= 0.6 is 0 Å². The van der Waals surface area contributed by atoms with Gasteiger partial charge in [-0.2, -0.15) is 8.78 Å². The van der Waals surface area contributed by atoms with Crippen molar-refractivity contribution >= 4 is 28.0 Å². The molecule has 13 heteroatoms. The van der Waals surface area contributed by atoms with E-state index in [9.17, 15) is 40.5 Å². The van der Waals surface area contributed by atoms with E-state index in [2.05, 4.69) is 0 Å². The van der Waals surface area contributed by atoms with Crippen LogP contribution in [-0.2, 0) is 38.7 Å². The number of hydrogen-bond donors (Lipinski definition) is 0.